The molecule has 0 aliphatic carbocycles. The summed E-state index contributed by atoms with van der Waals surface area (Å²) in [6.45, 7) is 2.00. The molecule has 1 atom stereocenters. The second kappa shape index (κ2) is 12.1. The summed E-state index contributed by atoms with van der Waals surface area (Å²) in [6, 6.07) is 3.94. The molecule has 1 aliphatic rings. The van der Waals surface area contributed by atoms with Crippen LogP contribution in [0.15, 0.2) is 35.4 Å². The molecule has 1 aliphatic heterocycles. The highest BCUT2D eigenvalue weighted by Gasteiger charge is 2.29. The number of thiophene rings is 1. The molecule has 0 radical (unpaired) electrons. The molecule has 14 heteroatoms. The quantitative estimate of drug-likeness (QED) is 0.295. The molecule has 4 heterocycles. The van der Waals surface area contributed by atoms with Crippen molar-refractivity contribution in [1.29, 1.82) is 0 Å². The molecule has 1 amide bonds. The highest BCUT2D eigenvalue weighted by molar-refractivity contribution is 7.21. The first-order valence-electron chi connectivity index (χ1n) is 11.7. The van der Waals surface area contributed by atoms with E-state index in [0.717, 1.165) is 0 Å². The average Bonchev–Trinajstić information content (AvgIpc) is 3.65. The summed E-state index contributed by atoms with van der Waals surface area (Å²) < 4.78 is 26.4. The van der Waals surface area contributed by atoms with Crippen LogP contribution in [0, 0.1) is 12.7 Å². The Kier molecular flexibility index (Phi) is 8.66. The van der Waals surface area contributed by atoms with E-state index in [-0.39, 0.29) is 49.5 Å². The van der Waals surface area contributed by atoms with Crippen LogP contribution < -0.4 is 20.3 Å². The Labute approximate surface area is 220 Å². The number of hydrogen-bond acceptors (Lipinski definition) is 10. The molecule has 1 fully saturated rings. The summed E-state index contributed by atoms with van der Waals surface area (Å²) in [7, 11) is 1.51. The highest BCUT2D eigenvalue weighted by Crippen LogP contribution is 2.32. The molecular weight excluding hydrogens is 519 g/mol. The van der Waals surface area contributed by atoms with Gasteiger partial charge in [-0.15, -0.1) is 4.80 Å². The molecule has 12 nitrogen and oxygen atoms in total. The van der Waals surface area contributed by atoms with Gasteiger partial charge in [0, 0.05) is 30.5 Å². The highest BCUT2D eigenvalue weighted by atomic mass is 32.1. The molecule has 1 saturated heterocycles. The minimum Gasteiger partial charge on any atom is -0.496 e. The normalized spacial score (nSPS) is 14.8. The first kappa shape index (κ1) is 27.2. The number of halogens is 1. The van der Waals surface area contributed by atoms with Gasteiger partial charge in [0.05, 0.1) is 50.8 Å². The lowest BCUT2D eigenvalue weighted by atomic mass is 10.1. The zero-order chi connectivity index (χ0) is 27.2. The summed E-state index contributed by atoms with van der Waals surface area (Å²) in [5.74, 6) is 0.0224. The summed E-state index contributed by atoms with van der Waals surface area (Å²) in [4.78, 5) is 32.1. The number of carbonyl (C=O) groups excluding carboxylic acids is 1. The third-order valence-electron chi connectivity index (χ3n) is 5.81. The lowest BCUT2D eigenvalue weighted by molar-refractivity contribution is -0.119. The van der Waals surface area contributed by atoms with Crippen molar-refractivity contribution >= 4 is 27.5 Å². The van der Waals surface area contributed by atoms with Gasteiger partial charge in [0.1, 0.15) is 21.4 Å². The molecule has 3 N–H and O–H groups in total. The number of aliphatic hydroxyl groups excluding tert-OH is 2. The molecule has 1 aromatic carbocycles. The molecular formula is C24H27FN6O6S. The van der Waals surface area contributed by atoms with Gasteiger partial charge in [-0.05, 0) is 25.1 Å². The third kappa shape index (κ3) is 5.66. The monoisotopic (exact) mass is 546 g/mol. The fourth-order valence-electron chi connectivity index (χ4n) is 4.07. The zero-order valence-corrected chi connectivity index (χ0v) is 21.6. The molecule has 38 heavy (non-hydrogen) atoms. The molecule has 202 valence electrons. The van der Waals surface area contributed by atoms with Gasteiger partial charge in [0.15, 0.2) is 0 Å². The van der Waals surface area contributed by atoms with Crippen LogP contribution in [0.2, 0.25) is 0 Å². The Morgan fingerprint density at radius 2 is 1.95 bits per heavy atom. The fourth-order valence-corrected chi connectivity index (χ4v) is 5.15. The first-order valence-corrected chi connectivity index (χ1v) is 12.6. The van der Waals surface area contributed by atoms with Crippen molar-refractivity contribution in [1.82, 2.24) is 29.9 Å². The van der Waals surface area contributed by atoms with Gasteiger partial charge in [-0.1, -0.05) is 11.3 Å². The summed E-state index contributed by atoms with van der Waals surface area (Å²) in [5, 5.41) is 27.4. The van der Waals surface area contributed by atoms with Crippen LogP contribution in [0.25, 0.3) is 15.2 Å². The van der Waals surface area contributed by atoms with Crippen LogP contribution in [0.1, 0.15) is 23.6 Å². The standard InChI is InChI=1S/C22H21FN6O4S.C2H6O2/c1-12-18-19(34-21(12)29-25-6-7-26-29)27-22(28(20(18)31)15-10-17(30)24-11-15)33-8-5-13-9-14(23)3-4-16(13)32-2;3-1-2-4/h3-4,6-7,9,15H,5,8,10-11H2,1-2H3,(H,24,30);3-4H,1-2H2. The van der Waals surface area contributed by atoms with E-state index >= 15 is 0 Å². The summed E-state index contributed by atoms with van der Waals surface area (Å²) in [6.07, 6.45) is 3.60. The number of benzene rings is 1. The topological polar surface area (TPSA) is 154 Å². The third-order valence-corrected chi connectivity index (χ3v) is 6.96. The zero-order valence-electron chi connectivity index (χ0n) is 20.8. The number of nitrogens with zero attached hydrogens (tertiary/aromatic N) is 5. The lowest BCUT2D eigenvalue weighted by Crippen LogP contribution is -2.29. The maximum Gasteiger partial charge on any atom is 0.300 e. The van der Waals surface area contributed by atoms with Crippen LogP contribution in [-0.4, -0.2) is 74.1 Å². The predicted molar refractivity (Wildman–Crippen MR) is 137 cm³/mol. The van der Waals surface area contributed by atoms with E-state index in [1.807, 2.05) is 6.92 Å². The second-order valence-corrected chi connectivity index (χ2v) is 9.24. The van der Waals surface area contributed by atoms with Crippen molar-refractivity contribution in [3.8, 4) is 16.8 Å². The maximum absolute atomic E-state index is 13.7. The number of rotatable bonds is 8. The number of methoxy groups -OCH3 is 1. The van der Waals surface area contributed by atoms with E-state index < -0.39 is 6.04 Å². The largest absolute Gasteiger partial charge is 0.496 e. The van der Waals surface area contributed by atoms with Crippen molar-refractivity contribution in [2.75, 3.05) is 33.5 Å². The minimum atomic E-state index is -0.429. The van der Waals surface area contributed by atoms with Crippen LogP contribution in [-0.2, 0) is 11.2 Å². The van der Waals surface area contributed by atoms with Gasteiger partial charge in [0.2, 0.25) is 5.91 Å². The van der Waals surface area contributed by atoms with Crippen LogP contribution >= 0.6 is 11.3 Å². The smallest absolute Gasteiger partial charge is 0.300 e. The van der Waals surface area contributed by atoms with Crippen molar-refractivity contribution in [3.63, 3.8) is 0 Å². The van der Waals surface area contributed by atoms with Crippen molar-refractivity contribution in [2.45, 2.75) is 25.8 Å². The van der Waals surface area contributed by atoms with E-state index in [1.165, 1.54) is 39.9 Å². The number of nitrogens with one attached hydrogen (secondary N) is 1. The molecule has 0 saturated carbocycles. The number of ether oxygens (including phenoxy) is 2. The minimum absolute atomic E-state index is 0.107. The first-order chi connectivity index (χ1) is 18.4. The van der Waals surface area contributed by atoms with Crippen molar-refractivity contribution in [2.24, 2.45) is 0 Å². The van der Waals surface area contributed by atoms with Crippen molar-refractivity contribution in [3.05, 3.63) is 57.9 Å². The number of fused-ring (bicyclic) bond motifs is 1. The molecule has 5 rings (SSSR count). The Hall–Kier alpha value is -3.88. The van der Waals surface area contributed by atoms with E-state index in [1.54, 1.807) is 18.5 Å². The van der Waals surface area contributed by atoms with E-state index in [9.17, 15) is 14.0 Å². The lowest BCUT2D eigenvalue weighted by Gasteiger charge is -2.17. The van der Waals surface area contributed by atoms with Crippen LogP contribution in [0.4, 0.5) is 4.39 Å². The van der Waals surface area contributed by atoms with Gasteiger partial charge in [-0.2, -0.15) is 15.2 Å². The van der Waals surface area contributed by atoms with E-state index in [2.05, 4.69) is 20.5 Å². The van der Waals surface area contributed by atoms with Gasteiger partial charge < -0.3 is 25.0 Å². The van der Waals surface area contributed by atoms with E-state index in [0.29, 0.717) is 45.1 Å². The number of hydrogen-bond donors (Lipinski definition) is 3. The Morgan fingerprint density at radius 1 is 1.21 bits per heavy atom. The Balaban J connectivity index is 0.000000786. The Morgan fingerprint density at radius 3 is 2.58 bits per heavy atom. The fraction of sp³-hybridized carbons (Fsp3) is 0.375. The molecule has 1 unspecified atom stereocenters. The maximum atomic E-state index is 13.7. The summed E-state index contributed by atoms with van der Waals surface area (Å²) >= 11 is 1.28. The van der Waals surface area contributed by atoms with Gasteiger partial charge >= 0.3 is 6.01 Å². The summed E-state index contributed by atoms with van der Waals surface area (Å²) in [5.41, 5.74) is 1.04. The van der Waals surface area contributed by atoms with Crippen LogP contribution in [0.3, 0.4) is 0 Å². The van der Waals surface area contributed by atoms with Gasteiger partial charge in [-0.3, -0.25) is 14.2 Å². The molecule has 3 aromatic heterocycles. The predicted octanol–water partition coefficient (Wildman–Crippen LogP) is 1.15. The molecule has 0 bridgehead atoms. The molecule has 4 aromatic rings. The van der Waals surface area contributed by atoms with Gasteiger partial charge in [0.25, 0.3) is 5.56 Å². The Bertz CT molecular complexity index is 1470. The number of aliphatic hydroxyl groups is 2. The average molecular weight is 547 g/mol. The SMILES string of the molecule is COc1ccc(F)cc1CCOc1nc2sc(-n3nccn3)c(C)c2c(=O)n1C1CNC(=O)C1.OCCO. The number of aryl methyl sites for hydroxylation is 1. The number of carbonyl (C=O) groups is 1. The van der Waals surface area contributed by atoms with Crippen molar-refractivity contribution < 1.29 is 28.9 Å². The molecule has 0 spiro atoms. The van der Waals surface area contributed by atoms with Gasteiger partial charge in [-0.25, -0.2) is 4.39 Å². The number of aromatic nitrogens is 5. The second-order valence-electron chi connectivity index (χ2n) is 8.26. The van der Waals surface area contributed by atoms with Crippen LogP contribution in [0.5, 0.6) is 11.8 Å². The number of amides is 1. The van der Waals surface area contributed by atoms with E-state index in [4.69, 9.17) is 19.7 Å².